The number of thiocarbonyl (C=S) groups is 1. The molecule has 2 aromatic carbocycles. The van der Waals surface area contributed by atoms with Gasteiger partial charge in [0.25, 0.3) is 0 Å². The molecule has 0 unspecified atom stereocenters. The van der Waals surface area contributed by atoms with Gasteiger partial charge in [0.1, 0.15) is 6.04 Å². The van der Waals surface area contributed by atoms with Crippen LogP contribution in [0.2, 0.25) is 0 Å². The highest BCUT2D eigenvalue weighted by molar-refractivity contribution is 7.80. The average Bonchev–Trinajstić information content (AvgIpc) is 3.40. The van der Waals surface area contributed by atoms with Crippen molar-refractivity contribution in [2.45, 2.75) is 39.8 Å². The van der Waals surface area contributed by atoms with Gasteiger partial charge < -0.3 is 14.8 Å². The van der Waals surface area contributed by atoms with E-state index in [1.807, 2.05) is 18.3 Å². The third kappa shape index (κ3) is 3.93. The summed E-state index contributed by atoms with van der Waals surface area (Å²) in [4.78, 5) is 6.94. The highest BCUT2D eigenvalue weighted by atomic mass is 32.1. The molecule has 0 saturated carbocycles. The summed E-state index contributed by atoms with van der Waals surface area (Å²) in [6, 6.07) is 23.5. The first-order chi connectivity index (χ1) is 15.9. The van der Waals surface area contributed by atoms with Gasteiger partial charge in [-0.25, -0.2) is 0 Å². The van der Waals surface area contributed by atoms with Gasteiger partial charge in [-0.05, 0) is 111 Å². The van der Waals surface area contributed by atoms with E-state index in [1.54, 1.807) is 0 Å². The first kappa shape index (κ1) is 21.4. The maximum atomic E-state index is 5.91. The molecule has 1 fully saturated rings. The Kier molecular flexibility index (Phi) is 5.51. The summed E-state index contributed by atoms with van der Waals surface area (Å²) in [7, 11) is 0. The quantitative estimate of drug-likeness (QED) is 0.369. The lowest BCUT2D eigenvalue weighted by atomic mass is 10.00. The largest absolute Gasteiger partial charge is 0.351 e. The van der Waals surface area contributed by atoms with Gasteiger partial charge in [-0.15, -0.1) is 0 Å². The van der Waals surface area contributed by atoms with Gasteiger partial charge >= 0.3 is 0 Å². The summed E-state index contributed by atoms with van der Waals surface area (Å²) in [6.45, 7) is 8.57. The molecule has 33 heavy (non-hydrogen) atoms. The molecule has 3 heterocycles. The van der Waals surface area contributed by atoms with Crippen molar-refractivity contribution < 1.29 is 0 Å². The standard InChI is InChI=1S/C28H28N4S/c1-18-14-19(2)16-23(15-18)32-27(26(30-28(32)33)24-8-5-6-12-29-24)25-9-7-13-31(25)22-11-10-20(3)21(4)17-22/h5-17,26-27H,1-4H3,(H,30,33)/t26-,27-/m1/s1. The zero-order valence-electron chi connectivity index (χ0n) is 19.4. The number of nitrogens with zero attached hydrogens (tertiary/aromatic N) is 3. The highest BCUT2D eigenvalue weighted by Crippen LogP contribution is 2.42. The van der Waals surface area contributed by atoms with Crippen LogP contribution in [0.5, 0.6) is 0 Å². The van der Waals surface area contributed by atoms with E-state index in [-0.39, 0.29) is 12.1 Å². The van der Waals surface area contributed by atoms with Gasteiger partial charge in [0.2, 0.25) is 0 Å². The lowest BCUT2D eigenvalue weighted by Crippen LogP contribution is -2.30. The molecule has 5 heteroatoms. The van der Waals surface area contributed by atoms with Crippen LogP contribution in [0.4, 0.5) is 5.69 Å². The van der Waals surface area contributed by atoms with Gasteiger partial charge in [0.05, 0.1) is 11.7 Å². The van der Waals surface area contributed by atoms with E-state index in [0.29, 0.717) is 5.11 Å². The molecule has 1 saturated heterocycles. The molecule has 0 aliphatic carbocycles. The number of anilines is 1. The van der Waals surface area contributed by atoms with Crippen LogP contribution in [0.1, 0.15) is 45.7 Å². The van der Waals surface area contributed by atoms with Crippen LogP contribution in [0, 0.1) is 27.7 Å². The summed E-state index contributed by atoms with van der Waals surface area (Å²) in [5.41, 5.74) is 9.40. The molecule has 5 rings (SSSR count). The third-order valence-corrected chi connectivity index (χ3v) is 6.75. The van der Waals surface area contributed by atoms with Crippen molar-refractivity contribution in [1.29, 1.82) is 0 Å². The van der Waals surface area contributed by atoms with Gasteiger partial charge in [-0.2, -0.15) is 0 Å². The van der Waals surface area contributed by atoms with Crippen molar-refractivity contribution in [3.05, 3.63) is 113 Å². The number of rotatable bonds is 4. The fraction of sp³-hybridized carbons (Fsp3) is 0.214. The lowest BCUT2D eigenvalue weighted by Gasteiger charge is -2.29. The van der Waals surface area contributed by atoms with E-state index in [4.69, 9.17) is 12.2 Å². The Bertz CT molecular complexity index is 1300. The number of hydrogen-bond acceptors (Lipinski definition) is 2. The predicted octanol–water partition coefficient (Wildman–Crippen LogP) is 6.28. The topological polar surface area (TPSA) is 33.1 Å². The van der Waals surface area contributed by atoms with Crippen LogP contribution in [0.15, 0.2) is 79.1 Å². The smallest absolute Gasteiger partial charge is 0.174 e. The molecule has 2 aromatic heterocycles. The lowest BCUT2D eigenvalue weighted by molar-refractivity contribution is 0.549. The molecule has 1 N–H and O–H groups in total. The van der Waals surface area contributed by atoms with Gasteiger partial charge in [-0.3, -0.25) is 4.98 Å². The maximum absolute atomic E-state index is 5.91. The molecule has 4 aromatic rings. The molecule has 2 atom stereocenters. The van der Waals surface area contributed by atoms with Crippen LogP contribution >= 0.6 is 12.2 Å². The molecule has 0 amide bonds. The van der Waals surface area contributed by atoms with E-state index >= 15 is 0 Å². The normalized spacial score (nSPS) is 17.9. The molecular formula is C28H28N4S. The Hall–Kier alpha value is -3.44. The zero-order chi connectivity index (χ0) is 23.1. The van der Waals surface area contributed by atoms with Crippen molar-refractivity contribution in [3.8, 4) is 5.69 Å². The minimum atomic E-state index is -0.0697. The number of benzene rings is 2. The molecule has 0 spiro atoms. The second-order valence-electron chi connectivity index (χ2n) is 8.91. The maximum Gasteiger partial charge on any atom is 0.174 e. The third-order valence-electron chi connectivity index (χ3n) is 6.43. The SMILES string of the molecule is Cc1cc(C)cc(N2C(=S)N[C@H](c3ccccn3)[C@H]2c2cccn2-c2ccc(C)c(C)c2)c1. The van der Waals surface area contributed by atoms with Crippen LogP contribution in [0.3, 0.4) is 0 Å². The van der Waals surface area contributed by atoms with Crippen LogP contribution in [0.25, 0.3) is 5.69 Å². The minimum absolute atomic E-state index is 0.0507. The Morgan fingerprint density at radius 2 is 1.61 bits per heavy atom. The van der Waals surface area contributed by atoms with Crippen LogP contribution in [-0.4, -0.2) is 14.7 Å². The summed E-state index contributed by atoms with van der Waals surface area (Å²) >= 11 is 5.91. The van der Waals surface area contributed by atoms with E-state index in [1.165, 1.54) is 27.9 Å². The summed E-state index contributed by atoms with van der Waals surface area (Å²) < 4.78 is 2.28. The Morgan fingerprint density at radius 1 is 0.818 bits per heavy atom. The summed E-state index contributed by atoms with van der Waals surface area (Å²) in [5, 5.41) is 4.29. The second kappa shape index (κ2) is 8.49. The number of pyridine rings is 1. The summed E-state index contributed by atoms with van der Waals surface area (Å²) in [5.74, 6) is 0. The fourth-order valence-electron chi connectivity index (χ4n) is 4.77. The average molecular weight is 453 g/mol. The van der Waals surface area contributed by atoms with Crippen molar-refractivity contribution in [3.63, 3.8) is 0 Å². The summed E-state index contributed by atoms with van der Waals surface area (Å²) in [6.07, 6.45) is 3.98. The molecule has 1 aliphatic heterocycles. The van der Waals surface area contributed by atoms with Crippen molar-refractivity contribution in [1.82, 2.24) is 14.9 Å². The van der Waals surface area contributed by atoms with Crippen molar-refractivity contribution in [2.24, 2.45) is 0 Å². The predicted molar refractivity (Wildman–Crippen MR) is 139 cm³/mol. The zero-order valence-corrected chi connectivity index (χ0v) is 20.2. The van der Waals surface area contributed by atoms with E-state index in [0.717, 1.165) is 17.1 Å². The first-order valence-corrected chi connectivity index (χ1v) is 11.7. The van der Waals surface area contributed by atoms with E-state index in [2.05, 4.69) is 108 Å². The van der Waals surface area contributed by atoms with Crippen LogP contribution in [-0.2, 0) is 0 Å². The van der Waals surface area contributed by atoms with Gasteiger partial charge in [-0.1, -0.05) is 18.2 Å². The Morgan fingerprint density at radius 3 is 2.30 bits per heavy atom. The van der Waals surface area contributed by atoms with E-state index in [9.17, 15) is 0 Å². The fourth-order valence-corrected chi connectivity index (χ4v) is 5.11. The molecule has 1 aliphatic rings. The monoisotopic (exact) mass is 452 g/mol. The first-order valence-electron chi connectivity index (χ1n) is 11.3. The molecule has 0 radical (unpaired) electrons. The van der Waals surface area contributed by atoms with E-state index < -0.39 is 0 Å². The molecule has 166 valence electrons. The highest BCUT2D eigenvalue weighted by Gasteiger charge is 2.42. The number of hydrogen-bond donors (Lipinski definition) is 1. The van der Waals surface area contributed by atoms with Crippen molar-refractivity contribution in [2.75, 3.05) is 4.90 Å². The number of aryl methyl sites for hydroxylation is 4. The van der Waals surface area contributed by atoms with Crippen LogP contribution < -0.4 is 10.2 Å². The second-order valence-corrected chi connectivity index (χ2v) is 9.30. The minimum Gasteiger partial charge on any atom is -0.351 e. The molecular weight excluding hydrogens is 424 g/mol. The van der Waals surface area contributed by atoms with Crippen molar-refractivity contribution >= 4 is 23.0 Å². The van der Waals surface area contributed by atoms with Gasteiger partial charge in [0, 0.05) is 29.5 Å². The molecule has 4 nitrogen and oxygen atoms in total. The molecule has 0 bridgehead atoms. The Balaban J connectivity index is 1.69. The van der Waals surface area contributed by atoms with Gasteiger partial charge in [0.15, 0.2) is 5.11 Å². The number of aromatic nitrogens is 2. The Labute approximate surface area is 200 Å². The number of nitrogens with one attached hydrogen (secondary N) is 1.